The maximum Gasteiger partial charge on any atom is 0.169 e. The van der Waals surface area contributed by atoms with E-state index in [0.717, 1.165) is 0 Å². The van der Waals surface area contributed by atoms with Crippen LogP contribution in [-0.2, 0) is 0 Å². The molecule has 0 spiro atoms. The Bertz CT molecular complexity index is 649. The van der Waals surface area contributed by atoms with Crippen molar-refractivity contribution in [2.24, 2.45) is 0 Å². The van der Waals surface area contributed by atoms with Crippen LogP contribution < -0.4 is 16.8 Å². The zero-order chi connectivity index (χ0) is 14.2. The molecule has 2 rings (SSSR count). The number of anilines is 4. The highest BCUT2D eigenvalue weighted by molar-refractivity contribution is 9.10. The molecule has 0 fully saturated rings. The van der Waals surface area contributed by atoms with Crippen molar-refractivity contribution in [2.45, 2.75) is 0 Å². The van der Waals surface area contributed by atoms with E-state index in [9.17, 15) is 8.78 Å². The Labute approximate surface area is 121 Å². The van der Waals surface area contributed by atoms with Crippen molar-refractivity contribution < 1.29 is 8.78 Å². The third-order valence-electron chi connectivity index (χ3n) is 2.46. The molecule has 2 aromatic rings. The molecule has 3 nitrogen and oxygen atoms in total. The van der Waals surface area contributed by atoms with Gasteiger partial charge in [-0.1, -0.05) is 11.6 Å². The van der Waals surface area contributed by atoms with Crippen LogP contribution in [0.2, 0.25) is 5.02 Å². The summed E-state index contributed by atoms with van der Waals surface area (Å²) in [5, 5.41) is 2.54. The van der Waals surface area contributed by atoms with Gasteiger partial charge in [-0.15, -0.1) is 0 Å². The predicted octanol–water partition coefficient (Wildman–Crippen LogP) is 4.29. The van der Waals surface area contributed by atoms with Crippen molar-refractivity contribution >= 4 is 50.3 Å². The molecular weight excluding hydrogens is 340 g/mol. The average Bonchev–Trinajstić information content (AvgIpc) is 2.34. The smallest absolute Gasteiger partial charge is 0.169 e. The van der Waals surface area contributed by atoms with Crippen LogP contribution in [0.4, 0.5) is 31.5 Å². The molecule has 0 unspecified atom stereocenters. The van der Waals surface area contributed by atoms with Crippen molar-refractivity contribution in [3.8, 4) is 0 Å². The second-order valence-electron chi connectivity index (χ2n) is 3.81. The lowest BCUT2D eigenvalue weighted by Gasteiger charge is -2.14. The Hall–Kier alpha value is -1.53. The van der Waals surface area contributed by atoms with Gasteiger partial charge >= 0.3 is 0 Å². The molecule has 2 aromatic carbocycles. The maximum absolute atomic E-state index is 14.0. The van der Waals surface area contributed by atoms with E-state index in [1.54, 1.807) is 0 Å². The van der Waals surface area contributed by atoms with Crippen molar-refractivity contribution in [2.75, 3.05) is 16.8 Å². The molecule has 5 N–H and O–H groups in total. The van der Waals surface area contributed by atoms with Gasteiger partial charge in [-0.2, -0.15) is 0 Å². The quantitative estimate of drug-likeness (QED) is 0.709. The molecule has 0 saturated heterocycles. The first-order valence-electron chi connectivity index (χ1n) is 5.15. The van der Waals surface area contributed by atoms with Gasteiger partial charge in [0, 0.05) is 4.47 Å². The van der Waals surface area contributed by atoms with Crippen LogP contribution in [0, 0.1) is 11.6 Å². The largest absolute Gasteiger partial charge is 0.397 e. The highest BCUT2D eigenvalue weighted by atomic mass is 79.9. The highest BCUT2D eigenvalue weighted by Crippen LogP contribution is 2.37. The summed E-state index contributed by atoms with van der Waals surface area (Å²) in [7, 11) is 0. The standard InChI is InChI=1S/C12H9BrClF2N3/c13-6-3-5(15)1-2-9(6)19-12-8(18)4-7(17)10(14)11(12)16/h1-4,19H,17-18H2. The lowest BCUT2D eigenvalue weighted by atomic mass is 10.2. The second-order valence-corrected chi connectivity index (χ2v) is 5.04. The molecule has 0 aliphatic heterocycles. The monoisotopic (exact) mass is 347 g/mol. The van der Waals surface area contributed by atoms with Crippen LogP contribution in [0.15, 0.2) is 28.7 Å². The fourth-order valence-corrected chi connectivity index (χ4v) is 2.12. The Kier molecular flexibility index (Phi) is 3.82. The third kappa shape index (κ3) is 2.74. The van der Waals surface area contributed by atoms with Gasteiger partial charge in [-0.25, -0.2) is 8.78 Å². The summed E-state index contributed by atoms with van der Waals surface area (Å²) in [6.45, 7) is 0. The molecule has 0 bridgehead atoms. The van der Waals surface area contributed by atoms with Crippen LogP contribution in [0.5, 0.6) is 0 Å². The van der Waals surface area contributed by atoms with E-state index in [4.69, 9.17) is 23.1 Å². The first-order valence-corrected chi connectivity index (χ1v) is 6.32. The normalized spacial score (nSPS) is 10.5. The van der Waals surface area contributed by atoms with Gasteiger partial charge in [0.05, 0.1) is 22.7 Å². The van der Waals surface area contributed by atoms with Crippen LogP contribution in [0.25, 0.3) is 0 Å². The Balaban J connectivity index is 2.47. The molecule has 0 amide bonds. The van der Waals surface area contributed by atoms with Gasteiger partial charge in [0.2, 0.25) is 0 Å². The lowest BCUT2D eigenvalue weighted by molar-refractivity contribution is 0.627. The number of hydrogen-bond donors (Lipinski definition) is 3. The molecule has 0 saturated carbocycles. The lowest BCUT2D eigenvalue weighted by Crippen LogP contribution is -2.03. The van der Waals surface area contributed by atoms with Gasteiger partial charge in [0.1, 0.15) is 10.8 Å². The van der Waals surface area contributed by atoms with Crippen LogP contribution >= 0.6 is 27.5 Å². The molecular formula is C12H9BrClF2N3. The van der Waals surface area contributed by atoms with Gasteiger partial charge in [-0.3, -0.25) is 0 Å². The van der Waals surface area contributed by atoms with Gasteiger partial charge < -0.3 is 16.8 Å². The number of rotatable bonds is 2. The minimum Gasteiger partial charge on any atom is -0.397 e. The van der Waals surface area contributed by atoms with E-state index in [2.05, 4.69) is 21.2 Å². The maximum atomic E-state index is 14.0. The fourth-order valence-electron chi connectivity index (χ4n) is 1.52. The molecule has 0 aromatic heterocycles. The summed E-state index contributed by atoms with van der Waals surface area (Å²) in [4.78, 5) is 0. The molecule has 0 heterocycles. The SMILES string of the molecule is Nc1cc(N)c(Nc2ccc(F)cc2Br)c(F)c1Cl. The number of nitrogen functional groups attached to an aromatic ring is 2. The molecule has 19 heavy (non-hydrogen) atoms. The molecule has 7 heteroatoms. The zero-order valence-electron chi connectivity index (χ0n) is 9.48. The van der Waals surface area contributed by atoms with Crippen LogP contribution in [-0.4, -0.2) is 0 Å². The van der Waals surface area contributed by atoms with Gasteiger partial charge in [-0.05, 0) is 40.2 Å². The average molecular weight is 349 g/mol. The zero-order valence-corrected chi connectivity index (χ0v) is 11.8. The summed E-state index contributed by atoms with van der Waals surface area (Å²) in [5.41, 5.74) is 11.8. The minimum atomic E-state index is -0.754. The fraction of sp³-hybridized carbons (Fsp3) is 0. The summed E-state index contributed by atoms with van der Waals surface area (Å²) in [5.74, 6) is -1.17. The number of hydrogen-bond acceptors (Lipinski definition) is 3. The predicted molar refractivity (Wildman–Crippen MR) is 77.6 cm³/mol. The summed E-state index contributed by atoms with van der Waals surface area (Å²) in [6.07, 6.45) is 0. The Morgan fingerprint density at radius 2 is 1.79 bits per heavy atom. The number of nitrogens with one attached hydrogen (secondary N) is 1. The molecule has 100 valence electrons. The highest BCUT2D eigenvalue weighted by Gasteiger charge is 2.15. The van der Waals surface area contributed by atoms with E-state index in [1.807, 2.05) is 0 Å². The minimum absolute atomic E-state index is 0.00786. The number of benzene rings is 2. The van der Waals surface area contributed by atoms with Gasteiger partial charge in [0.15, 0.2) is 5.82 Å². The first kappa shape index (κ1) is 13.9. The Morgan fingerprint density at radius 1 is 1.11 bits per heavy atom. The first-order chi connectivity index (χ1) is 8.90. The second kappa shape index (κ2) is 5.22. The van der Waals surface area contributed by atoms with Crippen molar-refractivity contribution in [1.29, 1.82) is 0 Å². The van der Waals surface area contributed by atoms with Crippen molar-refractivity contribution in [3.63, 3.8) is 0 Å². The summed E-state index contributed by atoms with van der Waals surface area (Å²) in [6, 6.07) is 5.28. The van der Waals surface area contributed by atoms with E-state index >= 15 is 0 Å². The van der Waals surface area contributed by atoms with E-state index < -0.39 is 11.6 Å². The van der Waals surface area contributed by atoms with E-state index in [-0.39, 0.29) is 22.1 Å². The molecule has 0 aliphatic rings. The van der Waals surface area contributed by atoms with Gasteiger partial charge in [0.25, 0.3) is 0 Å². The third-order valence-corrected chi connectivity index (χ3v) is 3.50. The Morgan fingerprint density at radius 3 is 2.42 bits per heavy atom. The van der Waals surface area contributed by atoms with Crippen molar-refractivity contribution in [3.05, 3.63) is 45.4 Å². The van der Waals surface area contributed by atoms with Crippen molar-refractivity contribution in [1.82, 2.24) is 0 Å². The molecule has 0 radical (unpaired) electrons. The topological polar surface area (TPSA) is 64.1 Å². The van der Waals surface area contributed by atoms with Crippen LogP contribution in [0.1, 0.15) is 0 Å². The summed E-state index contributed by atoms with van der Waals surface area (Å²) < 4.78 is 27.4. The molecule has 0 atom stereocenters. The summed E-state index contributed by atoms with van der Waals surface area (Å²) >= 11 is 8.88. The number of halogens is 4. The van der Waals surface area contributed by atoms with Crippen LogP contribution in [0.3, 0.4) is 0 Å². The van der Waals surface area contributed by atoms with E-state index in [1.165, 1.54) is 24.3 Å². The number of nitrogens with two attached hydrogens (primary N) is 2. The molecule has 0 aliphatic carbocycles. The van der Waals surface area contributed by atoms with E-state index in [0.29, 0.717) is 10.2 Å².